The van der Waals surface area contributed by atoms with Gasteiger partial charge in [0.05, 0.1) is 29.7 Å². The fourth-order valence-corrected chi connectivity index (χ4v) is 5.72. The van der Waals surface area contributed by atoms with Gasteiger partial charge in [-0.2, -0.15) is 0 Å². The molecule has 2 amide bonds. The van der Waals surface area contributed by atoms with Crippen molar-refractivity contribution in [1.82, 2.24) is 0 Å². The summed E-state index contributed by atoms with van der Waals surface area (Å²) in [5.74, 6) is -0.956. The van der Waals surface area contributed by atoms with Crippen LogP contribution in [0, 0.1) is 11.8 Å². The molecule has 0 N–H and O–H groups in total. The molecule has 36 heavy (non-hydrogen) atoms. The molecule has 1 heterocycles. The summed E-state index contributed by atoms with van der Waals surface area (Å²) in [6, 6.07) is 17.0. The number of hydrogen-bond acceptors (Lipinski definition) is 4. The highest BCUT2D eigenvalue weighted by atomic mass is 16.5. The van der Waals surface area contributed by atoms with Gasteiger partial charge < -0.3 is 4.74 Å². The highest BCUT2D eigenvalue weighted by Crippen LogP contribution is 2.45. The molecule has 1 aliphatic carbocycles. The Hall–Kier alpha value is -2.95. The van der Waals surface area contributed by atoms with Gasteiger partial charge in [0.1, 0.15) is 0 Å². The van der Waals surface area contributed by atoms with Gasteiger partial charge in [0.2, 0.25) is 11.8 Å². The van der Waals surface area contributed by atoms with E-state index in [0.717, 1.165) is 19.3 Å². The maximum atomic E-state index is 13.4. The van der Waals surface area contributed by atoms with Crippen molar-refractivity contribution in [1.29, 1.82) is 0 Å². The number of fused-ring (bicyclic) bond motifs is 1. The topological polar surface area (TPSA) is 63.7 Å². The van der Waals surface area contributed by atoms with Gasteiger partial charge in [0, 0.05) is 0 Å². The molecule has 0 spiro atoms. The summed E-state index contributed by atoms with van der Waals surface area (Å²) in [6.07, 6.45) is 11.8. The smallest absolute Gasteiger partial charge is 0.338 e. The van der Waals surface area contributed by atoms with Gasteiger partial charge in [-0.15, -0.1) is 0 Å². The van der Waals surface area contributed by atoms with Crippen molar-refractivity contribution >= 4 is 23.5 Å². The Morgan fingerprint density at radius 2 is 1.53 bits per heavy atom. The first-order valence-corrected chi connectivity index (χ1v) is 13.8. The summed E-state index contributed by atoms with van der Waals surface area (Å²) in [4.78, 5) is 40.5. The van der Waals surface area contributed by atoms with Crippen LogP contribution >= 0.6 is 0 Å². The Bertz CT molecular complexity index is 1030. The maximum Gasteiger partial charge on any atom is 0.338 e. The lowest BCUT2D eigenvalue weighted by Gasteiger charge is -2.28. The summed E-state index contributed by atoms with van der Waals surface area (Å²) in [5.41, 5.74) is 2.08. The molecule has 2 aromatic carbocycles. The van der Waals surface area contributed by atoms with E-state index in [1.54, 1.807) is 24.3 Å². The standard InChI is InChI=1S/C31H39NO4/c1-2-3-4-5-6-7-8-12-20-36-31(35)25-16-13-17-26(21-25)32-29(33)27-19-18-24(22-28(27)30(32)34)23-14-10-9-11-15-23/h9-11,13-17,21,24,27-28H,2-8,12,18-20,22H2,1H3/t24-,27+,28-/m0/s1. The Morgan fingerprint density at radius 3 is 2.28 bits per heavy atom. The zero-order valence-electron chi connectivity index (χ0n) is 21.5. The molecular weight excluding hydrogens is 450 g/mol. The summed E-state index contributed by atoms with van der Waals surface area (Å²) < 4.78 is 5.47. The number of unbranched alkanes of at least 4 members (excludes halogenated alkanes) is 7. The zero-order valence-corrected chi connectivity index (χ0v) is 21.5. The van der Waals surface area contributed by atoms with Crippen molar-refractivity contribution in [2.75, 3.05) is 11.5 Å². The highest BCUT2D eigenvalue weighted by Gasteiger charge is 2.50. The number of ether oxygens (including phenoxy) is 1. The Morgan fingerprint density at radius 1 is 0.833 bits per heavy atom. The maximum absolute atomic E-state index is 13.4. The average molecular weight is 490 g/mol. The molecule has 5 nitrogen and oxygen atoms in total. The molecule has 192 valence electrons. The first kappa shape index (κ1) is 26.1. The minimum Gasteiger partial charge on any atom is -0.462 e. The number of esters is 1. The average Bonchev–Trinajstić information content (AvgIpc) is 3.17. The van der Waals surface area contributed by atoms with Crippen molar-refractivity contribution in [3.05, 3.63) is 65.7 Å². The number of nitrogens with zero attached hydrogens (tertiary/aromatic N) is 1. The van der Waals surface area contributed by atoms with Crippen LogP contribution in [0.4, 0.5) is 5.69 Å². The Labute approximate surface area is 215 Å². The third-order valence-electron chi connectivity index (χ3n) is 7.77. The summed E-state index contributed by atoms with van der Waals surface area (Å²) >= 11 is 0. The third-order valence-corrected chi connectivity index (χ3v) is 7.77. The fourth-order valence-electron chi connectivity index (χ4n) is 5.72. The molecule has 0 unspecified atom stereocenters. The second kappa shape index (κ2) is 12.8. The number of rotatable bonds is 12. The van der Waals surface area contributed by atoms with Gasteiger partial charge >= 0.3 is 5.97 Å². The molecule has 2 aromatic rings. The van der Waals surface area contributed by atoms with Crippen LogP contribution in [0.25, 0.3) is 0 Å². The molecular formula is C31H39NO4. The molecule has 5 heteroatoms. The molecule has 1 aliphatic heterocycles. The van der Waals surface area contributed by atoms with Crippen LogP contribution in [0.15, 0.2) is 54.6 Å². The van der Waals surface area contributed by atoms with Crippen LogP contribution in [0.5, 0.6) is 0 Å². The molecule has 2 fully saturated rings. The largest absolute Gasteiger partial charge is 0.462 e. The zero-order chi connectivity index (χ0) is 25.3. The number of carbonyl (C=O) groups is 3. The predicted octanol–water partition coefficient (Wildman–Crippen LogP) is 7.06. The van der Waals surface area contributed by atoms with E-state index in [-0.39, 0.29) is 23.7 Å². The van der Waals surface area contributed by atoms with Gasteiger partial charge in [0.15, 0.2) is 0 Å². The van der Waals surface area contributed by atoms with E-state index in [1.807, 2.05) is 18.2 Å². The first-order valence-electron chi connectivity index (χ1n) is 13.8. The lowest BCUT2D eigenvalue weighted by molar-refractivity contribution is -0.122. The molecule has 2 aliphatic rings. The quantitative estimate of drug-likeness (QED) is 0.182. The Kier molecular flexibility index (Phi) is 9.32. The van der Waals surface area contributed by atoms with E-state index in [0.29, 0.717) is 36.6 Å². The monoisotopic (exact) mass is 489 g/mol. The van der Waals surface area contributed by atoms with Crippen LogP contribution < -0.4 is 4.90 Å². The van der Waals surface area contributed by atoms with Gasteiger partial charge in [-0.05, 0) is 55.4 Å². The van der Waals surface area contributed by atoms with Crippen molar-refractivity contribution in [2.45, 2.75) is 83.5 Å². The summed E-state index contributed by atoms with van der Waals surface area (Å²) in [5, 5.41) is 0. The minimum absolute atomic E-state index is 0.138. The second-order valence-corrected chi connectivity index (χ2v) is 10.3. The number of anilines is 1. The number of amides is 2. The molecule has 4 rings (SSSR count). The minimum atomic E-state index is -0.402. The lowest BCUT2D eigenvalue weighted by Crippen LogP contribution is -2.31. The van der Waals surface area contributed by atoms with Crippen molar-refractivity contribution in [3.8, 4) is 0 Å². The van der Waals surface area contributed by atoms with E-state index < -0.39 is 5.97 Å². The highest BCUT2D eigenvalue weighted by molar-refractivity contribution is 6.22. The van der Waals surface area contributed by atoms with Gasteiger partial charge in [-0.3, -0.25) is 14.5 Å². The Balaban J connectivity index is 1.31. The van der Waals surface area contributed by atoms with Crippen LogP contribution in [0.1, 0.15) is 99.4 Å². The molecule has 1 saturated heterocycles. The normalized spacial score (nSPS) is 21.5. The van der Waals surface area contributed by atoms with Crippen LogP contribution in [0.3, 0.4) is 0 Å². The lowest BCUT2D eigenvalue weighted by atomic mass is 9.73. The molecule has 1 saturated carbocycles. The van der Waals surface area contributed by atoms with Gasteiger partial charge in [-0.25, -0.2) is 4.79 Å². The van der Waals surface area contributed by atoms with Crippen molar-refractivity contribution in [2.24, 2.45) is 11.8 Å². The summed E-state index contributed by atoms with van der Waals surface area (Å²) in [7, 11) is 0. The second-order valence-electron chi connectivity index (χ2n) is 10.3. The molecule has 0 radical (unpaired) electrons. The third kappa shape index (κ3) is 6.24. The van der Waals surface area contributed by atoms with Gasteiger partial charge in [-0.1, -0.05) is 88.3 Å². The SMILES string of the molecule is CCCCCCCCCCOC(=O)c1cccc(N2C(=O)[C@H]3C[C@@H](c4ccccc4)CC[C@H]3C2=O)c1. The van der Waals surface area contributed by atoms with Crippen molar-refractivity contribution < 1.29 is 19.1 Å². The molecule has 3 atom stereocenters. The first-order chi connectivity index (χ1) is 17.6. The molecule has 0 bridgehead atoms. The van der Waals surface area contributed by atoms with Crippen LogP contribution in [-0.4, -0.2) is 24.4 Å². The number of carbonyl (C=O) groups excluding carboxylic acids is 3. The number of hydrogen-bond donors (Lipinski definition) is 0. The van der Waals surface area contributed by atoms with Crippen LogP contribution in [0.2, 0.25) is 0 Å². The number of benzene rings is 2. The van der Waals surface area contributed by atoms with Crippen LogP contribution in [-0.2, 0) is 14.3 Å². The fraction of sp³-hybridized carbons (Fsp3) is 0.516. The van der Waals surface area contributed by atoms with Crippen molar-refractivity contribution in [3.63, 3.8) is 0 Å². The van der Waals surface area contributed by atoms with E-state index in [1.165, 1.54) is 49.0 Å². The molecule has 0 aromatic heterocycles. The van der Waals surface area contributed by atoms with E-state index in [9.17, 15) is 14.4 Å². The van der Waals surface area contributed by atoms with E-state index >= 15 is 0 Å². The predicted molar refractivity (Wildman–Crippen MR) is 142 cm³/mol. The number of imide groups is 1. The van der Waals surface area contributed by atoms with E-state index in [2.05, 4.69) is 19.1 Å². The van der Waals surface area contributed by atoms with Gasteiger partial charge in [0.25, 0.3) is 0 Å². The van der Waals surface area contributed by atoms with E-state index in [4.69, 9.17) is 4.74 Å². The summed E-state index contributed by atoms with van der Waals surface area (Å²) in [6.45, 7) is 2.61.